The molecule has 21 heavy (non-hydrogen) atoms. The van der Waals surface area contributed by atoms with E-state index in [0.29, 0.717) is 23.5 Å². The van der Waals surface area contributed by atoms with Crippen LogP contribution in [0.1, 0.15) is 29.7 Å². The van der Waals surface area contributed by atoms with Gasteiger partial charge in [-0.3, -0.25) is 5.84 Å². The number of ether oxygens (including phenoxy) is 1. The molecule has 0 fully saturated rings. The SMILES string of the molecule is CCOc1ccccc1C(NN)c1c(F)ccc(C)c1F. The van der Waals surface area contributed by atoms with E-state index >= 15 is 0 Å². The molecular weight excluding hydrogens is 274 g/mol. The lowest BCUT2D eigenvalue weighted by atomic mass is 9.96. The highest BCUT2D eigenvalue weighted by atomic mass is 19.1. The van der Waals surface area contributed by atoms with Crippen LogP contribution in [-0.4, -0.2) is 6.61 Å². The molecule has 2 aromatic carbocycles. The number of para-hydroxylation sites is 1. The van der Waals surface area contributed by atoms with Crippen molar-refractivity contribution in [1.82, 2.24) is 5.43 Å². The Morgan fingerprint density at radius 2 is 1.90 bits per heavy atom. The number of rotatable bonds is 5. The van der Waals surface area contributed by atoms with Crippen molar-refractivity contribution in [2.24, 2.45) is 5.84 Å². The lowest BCUT2D eigenvalue weighted by Crippen LogP contribution is -2.31. The van der Waals surface area contributed by atoms with Gasteiger partial charge in [-0.15, -0.1) is 0 Å². The molecule has 0 aliphatic rings. The molecular formula is C16H18F2N2O. The average molecular weight is 292 g/mol. The zero-order chi connectivity index (χ0) is 15.4. The first-order chi connectivity index (χ1) is 10.1. The second-order valence-corrected chi connectivity index (χ2v) is 4.66. The normalized spacial score (nSPS) is 12.2. The first-order valence-corrected chi connectivity index (χ1v) is 6.72. The smallest absolute Gasteiger partial charge is 0.134 e. The Labute approximate surface area is 122 Å². The topological polar surface area (TPSA) is 47.3 Å². The summed E-state index contributed by atoms with van der Waals surface area (Å²) < 4.78 is 33.9. The van der Waals surface area contributed by atoms with E-state index in [1.807, 2.05) is 6.92 Å². The Morgan fingerprint density at radius 3 is 2.57 bits per heavy atom. The first kappa shape index (κ1) is 15.4. The van der Waals surface area contributed by atoms with E-state index in [-0.39, 0.29) is 5.56 Å². The third-order valence-electron chi connectivity index (χ3n) is 3.30. The summed E-state index contributed by atoms with van der Waals surface area (Å²) in [5.74, 6) is 4.84. The van der Waals surface area contributed by atoms with E-state index in [4.69, 9.17) is 10.6 Å². The molecule has 3 N–H and O–H groups in total. The minimum Gasteiger partial charge on any atom is -0.494 e. The van der Waals surface area contributed by atoms with Crippen molar-refractivity contribution in [2.45, 2.75) is 19.9 Å². The number of halogens is 2. The molecule has 3 nitrogen and oxygen atoms in total. The van der Waals surface area contributed by atoms with Crippen molar-refractivity contribution >= 4 is 0 Å². The molecule has 2 rings (SSSR count). The van der Waals surface area contributed by atoms with E-state index in [2.05, 4.69) is 5.43 Å². The molecule has 0 radical (unpaired) electrons. The third-order valence-corrected chi connectivity index (χ3v) is 3.30. The number of hydrogen-bond acceptors (Lipinski definition) is 3. The summed E-state index contributed by atoms with van der Waals surface area (Å²) in [4.78, 5) is 0. The monoisotopic (exact) mass is 292 g/mol. The van der Waals surface area contributed by atoms with Crippen molar-refractivity contribution in [3.63, 3.8) is 0 Å². The summed E-state index contributed by atoms with van der Waals surface area (Å²) >= 11 is 0. The fraction of sp³-hybridized carbons (Fsp3) is 0.250. The second-order valence-electron chi connectivity index (χ2n) is 4.66. The summed E-state index contributed by atoms with van der Waals surface area (Å²) in [6.45, 7) is 3.88. The average Bonchev–Trinajstić information content (AvgIpc) is 2.49. The summed E-state index contributed by atoms with van der Waals surface area (Å²) in [6, 6.07) is 8.86. The zero-order valence-electron chi connectivity index (χ0n) is 12.0. The molecule has 0 bridgehead atoms. The third kappa shape index (κ3) is 3.04. The molecule has 2 aromatic rings. The maximum absolute atomic E-state index is 14.3. The van der Waals surface area contributed by atoms with Crippen LogP contribution in [0.3, 0.4) is 0 Å². The molecule has 0 aliphatic carbocycles. The molecule has 0 aliphatic heterocycles. The van der Waals surface area contributed by atoms with E-state index in [1.54, 1.807) is 31.2 Å². The maximum atomic E-state index is 14.3. The number of benzene rings is 2. The molecule has 1 unspecified atom stereocenters. The van der Waals surface area contributed by atoms with Crippen molar-refractivity contribution in [2.75, 3.05) is 6.61 Å². The van der Waals surface area contributed by atoms with Crippen molar-refractivity contribution in [3.8, 4) is 5.75 Å². The van der Waals surface area contributed by atoms with Gasteiger partial charge < -0.3 is 4.74 Å². The van der Waals surface area contributed by atoms with Crippen LogP contribution < -0.4 is 16.0 Å². The number of hydrazine groups is 1. The van der Waals surface area contributed by atoms with Crippen LogP contribution in [0.15, 0.2) is 36.4 Å². The van der Waals surface area contributed by atoms with Crippen LogP contribution >= 0.6 is 0 Å². The predicted octanol–water partition coefficient (Wildman–Crippen LogP) is 3.22. The van der Waals surface area contributed by atoms with Crippen LogP contribution in [0.5, 0.6) is 5.75 Å². The molecule has 0 aromatic heterocycles. The van der Waals surface area contributed by atoms with Crippen molar-refractivity contribution in [1.29, 1.82) is 0 Å². The molecule has 0 saturated heterocycles. The van der Waals surface area contributed by atoms with Gasteiger partial charge in [-0.05, 0) is 31.5 Å². The number of nitrogens with two attached hydrogens (primary N) is 1. The molecule has 5 heteroatoms. The minimum atomic E-state index is -0.826. The molecule has 0 amide bonds. The largest absolute Gasteiger partial charge is 0.494 e. The second kappa shape index (κ2) is 6.65. The van der Waals surface area contributed by atoms with Gasteiger partial charge in [-0.25, -0.2) is 14.2 Å². The Bertz CT molecular complexity index is 632. The van der Waals surface area contributed by atoms with Gasteiger partial charge >= 0.3 is 0 Å². The van der Waals surface area contributed by atoms with E-state index in [9.17, 15) is 8.78 Å². The summed E-state index contributed by atoms with van der Waals surface area (Å²) in [5, 5.41) is 0. The number of aryl methyl sites for hydroxylation is 1. The molecule has 0 spiro atoms. The quantitative estimate of drug-likeness (QED) is 0.657. The highest BCUT2D eigenvalue weighted by Crippen LogP contribution is 2.33. The fourth-order valence-corrected chi connectivity index (χ4v) is 2.28. The maximum Gasteiger partial charge on any atom is 0.134 e. The van der Waals surface area contributed by atoms with Gasteiger partial charge in [0.05, 0.1) is 12.6 Å². The van der Waals surface area contributed by atoms with Gasteiger partial charge in [0.25, 0.3) is 0 Å². The van der Waals surface area contributed by atoms with Gasteiger partial charge in [0, 0.05) is 11.1 Å². The summed E-state index contributed by atoms with van der Waals surface area (Å²) in [7, 11) is 0. The fourth-order valence-electron chi connectivity index (χ4n) is 2.28. The van der Waals surface area contributed by atoms with E-state index in [0.717, 1.165) is 0 Å². The van der Waals surface area contributed by atoms with Crippen molar-refractivity contribution < 1.29 is 13.5 Å². The van der Waals surface area contributed by atoms with Crippen LogP contribution in [0, 0.1) is 18.6 Å². The number of hydrogen-bond donors (Lipinski definition) is 2. The summed E-state index contributed by atoms with van der Waals surface area (Å²) in [5.41, 5.74) is 3.33. The van der Waals surface area contributed by atoms with E-state index < -0.39 is 17.7 Å². The molecule has 1 atom stereocenters. The molecule has 112 valence electrons. The highest BCUT2D eigenvalue weighted by Gasteiger charge is 2.24. The molecule has 0 heterocycles. The van der Waals surface area contributed by atoms with Crippen LogP contribution in [-0.2, 0) is 0 Å². The standard InChI is InChI=1S/C16H18F2N2O/c1-3-21-13-7-5-4-6-11(13)16(20-19)14-12(17)9-8-10(2)15(14)18/h4-9,16,20H,3,19H2,1-2H3. The highest BCUT2D eigenvalue weighted by molar-refractivity contribution is 5.43. The lowest BCUT2D eigenvalue weighted by Gasteiger charge is -2.21. The Morgan fingerprint density at radius 1 is 1.19 bits per heavy atom. The number of nitrogens with one attached hydrogen (secondary N) is 1. The predicted molar refractivity (Wildman–Crippen MR) is 77.9 cm³/mol. The van der Waals surface area contributed by atoms with Crippen LogP contribution in [0.2, 0.25) is 0 Å². The van der Waals surface area contributed by atoms with Gasteiger partial charge in [-0.1, -0.05) is 24.3 Å². The lowest BCUT2D eigenvalue weighted by molar-refractivity contribution is 0.332. The van der Waals surface area contributed by atoms with Gasteiger partial charge in [0.15, 0.2) is 0 Å². The van der Waals surface area contributed by atoms with Gasteiger partial charge in [0.2, 0.25) is 0 Å². The minimum absolute atomic E-state index is 0.107. The first-order valence-electron chi connectivity index (χ1n) is 6.72. The summed E-state index contributed by atoms with van der Waals surface area (Å²) in [6.07, 6.45) is 0. The Balaban J connectivity index is 2.58. The Kier molecular flexibility index (Phi) is 4.88. The van der Waals surface area contributed by atoms with Gasteiger partial charge in [-0.2, -0.15) is 0 Å². The van der Waals surface area contributed by atoms with E-state index in [1.165, 1.54) is 12.1 Å². The van der Waals surface area contributed by atoms with Gasteiger partial charge in [0.1, 0.15) is 17.4 Å². The van der Waals surface area contributed by atoms with Crippen LogP contribution in [0.4, 0.5) is 8.78 Å². The zero-order valence-corrected chi connectivity index (χ0v) is 12.0. The van der Waals surface area contributed by atoms with Crippen molar-refractivity contribution in [3.05, 3.63) is 64.7 Å². The Hall–Kier alpha value is -1.98. The molecule has 0 saturated carbocycles. The van der Waals surface area contributed by atoms with Crippen LogP contribution in [0.25, 0.3) is 0 Å².